The molecule has 158 valence electrons. The summed E-state index contributed by atoms with van der Waals surface area (Å²) in [5, 5.41) is 0.560. The maximum absolute atomic E-state index is 12.2. The minimum Gasteiger partial charge on any atom is -0.491 e. The van der Waals surface area contributed by atoms with E-state index in [0.717, 1.165) is 16.9 Å². The topological polar surface area (TPSA) is 48.0 Å². The van der Waals surface area contributed by atoms with Crippen LogP contribution in [0.1, 0.15) is 11.1 Å². The largest absolute Gasteiger partial charge is 0.491 e. The van der Waals surface area contributed by atoms with Crippen molar-refractivity contribution in [2.75, 3.05) is 33.5 Å². The Hall–Kier alpha value is -2.06. The molecule has 0 aromatic heterocycles. The smallest absolute Gasteiger partial charge is 0.265 e. The molecule has 0 radical (unpaired) electrons. The summed E-state index contributed by atoms with van der Waals surface area (Å²) in [7, 11) is 1.66. The Morgan fingerprint density at radius 1 is 1.07 bits per heavy atom. The molecule has 0 saturated carbocycles. The van der Waals surface area contributed by atoms with Gasteiger partial charge in [-0.1, -0.05) is 53.8 Å². The van der Waals surface area contributed by atoms with Gasteiger partial charge in [-0.05, 0) is 42.8 Å². The van der Waals surface area contributed by atoms with Crippen molar-refractivity contribution in [2.24, 2.45) is 0 Å². The molecule has 0 bridgehead atoms. The number of benzene rings is 2. The summed E-state index contributed by atoms with van der Waals surface area (Å²) in [6.07, 6.45) is 1.75. The molecule has 1 heterocycles. The summed E-state index contributed by atoms with van der Waals surface area (Å²) >= 11 is 12.6. The van der Waals surface area contributed by atoms with E-state index in [4.69, 9.17) is 38.0 Å². The average Bonchev–Trinajstić information content (AvgIpc) is 2.96. The summed E-state index contributed by atoms with van der Waals surface area (Å²) < 4.78 is 17.6. The Morgan fingerprint density at radius 3 is 2.43 bits per heavy atom. The van der Waals surface area contributed by atoms with Crippen molar-refractivity contribution in [3.63, 3.8) is 0 Å². The molecule has 2 aromatic rings. The zero-order valence-electron chi connectivity index (χ0n) is 16.7. The summed E-state index contributed by atoms with van der Waals surface area (Å²) in [6, 6.07) is 13.2. The molecule has 0 atom stereocenters. The molecule has 8 heteroatoms. The van der Waals surface area contributed by atoms with E-state index in [0.29, 0.717) is 46.4 Å². The molecule has 3 rings (SSSR count). The lowest BCUT2D eigenvalue weighted by atomic mass is 10.2. The first kappa shape index (κ1) is 22.6. The van der Waals surface area contributed by atoms with Crippen LogP contribution in [0.4, 0.5) is 0 Å². The quantitative estimate of drug-likeness (QED) is 0.298. The molecule has 1 aliphatic rings. The molecule has 0 aliphatic carbocycles. The second-order valence-electron chi connectivity index (χ2n) is 6.50. The Morgan fingerprint density at radius 2 is 1.77 bits per heavy atom. The van der Waals surface area contributed by atoms with E-state index in [-0.39, 0.29) is 5.91 Å². The van der Waals surface area contributed by atoms with E-state index in [2.05, 4.69) is 0 Å². The normalized spacial score (nSPS) is 15.2. The van der Waals surface area contributed by atoms with E-state index in [9.17, 15) is 4.79 Å². The highest BCUT2D eigenvalue weighted by Crippen LogP contribution is 2.34. The number of rotatable bonds is 9. The molecule has 0 N–H and O–H groups in total. The van der Waals surface area contributed by atoms with Crippen molar-refractivity contribution in [3.05, 3.63) is 63.5 Å². The second-order valence-corrected chi connectivity index (χ2v) is 8.61. The molecule has 2 aromatic carbocycles. The summed E-state index contributed by atoms with van der Waals surface area (Å²) in [5.41, 5.74) is 1.82. The number of halogens is 1. The molecule has 0 unspecified atom stereocenters. The fraction of sp³-hybridized carbons (Fsp3) is 0.273. The van der Waals surface area contributed by atoms with Gasteiger partial charge >= 0.3 is 0 Å². The van der Waals surface area contributed by atoms with Gasteiger partial charge in [0, 0.05) is 17.6 Å². The second kappa shape index (κ2) is 10.8. The number of carbonyl (C=O) groups is 1. The van der Waals surface area contributed by atoms with E-state index in [1.165, 1.54) is 16.7 Å². The van der Waals surface area contributed by atoms with E-state index >= 15 is 0 Å². The monoisotopic (exact) mass is 463 g/mol. The lowest BCUT2D eigenvalue weighted by Gasteiger charge is -2.12. The molecular weight excluding hydrogens is 442 g/mol. The van der Waals surface area contributed by atoms with E-state index in [1.54, 1.807) is 31.3 Å². The standard InChI is InChI=1S/C22H22ClNO4S2/c1-15-5-3-4-6-18(15)27-11-9-26-10-12-28-19-8-7-17(23)13-16(19)14-20-21(25)24(2)22(29)30-20/h3-8,13-14H,9-12H2,1-2H3/b20-14+. The molecular formula is C22H22ClNO4S2. The molecule has 1 amide bonds. The first-order chi connectivity index (χ1) is 14.5. The molecule has 5 nitrogen and oxygen atoms in total. The fourth-order valence-electron chi connectivity index (χ4n) is 2.69. The van der Waals surface area contributed by atoms with Crippen LogP contribution >= 0.6 is 35.6 Å². The van der Waals surface area contributed by atoms with Crippen molar-refractivity contribution >= 4 is 51.9 Å². The van der Waals surface area contributed by atoms with Crippen LogP contribution in [-0.2, 0) is 9.53 Å². The number of ether oxygens (including phenoxy) is 3. The van der Waals surface area contributed by atoms with Crippen LogP contribution in [0.2, 0.25) is 5.02 Å². The average molecular weight is 464 g/mol. The number of carbonyl (C=O) groups excluding carboxylic acids is 1. The number of hydrogen-bond donors (Lipinski definition) is 0. The first-order valence-electron chi connectivity index (χ1n) is 9.36. The SMILES string of the molecule is Cc1ccccc1OCCOCCOc1ccc(Cl)cc1/C=C1/SC(=S)N(C)C1=O. The van der Waals surface area contributed by atoms with Crippen LogP contribution in [0.3, 0.4) is 0 Å². The third-order valence-electron chi connectivity index (χ3n) is 4.31. The number of aryl methyl sites for hydroxylation is 1. The molecule has 30 heavy (non-hydrogen) atoms. The van der Waals surface area contributed by atoms with Crippen LogP contribution in [0.15, 0.2) is 47.4 Å². The Balaban J connectivity index is 1.48. The fourth-order valence-corrected chi connectivity index (χ4v) is 4.04. The Bertz CT molecular complexity index is 964. The lowest BCUT2D eigenvalue weighted by molar-refractivity contribution is -0.121. The number of thioether (sulfide) groups is 1. The zero-order chi connectivity index (χ0) is 21.5. The molecule has 1 saturated heterocycles. The van der Waals surface area contributed by atoms with Gasteiger partial charge in [-0.25, -0.2) is 0 Å². The third kappa shape index (κ3) is 5.98. The number of hydrogen-bond acceptors (Lipinski definition) is 6. The Kier molecular flexibility index (Phi) is 8.16. The first-order valence-corrected chi connectivity index (χ1v) is 11.0. The van der Waals surface area contributed by atoms with Gasteiger partial charge in [0.15, 0.2) is 0 Å². The summed E-state index contributed by atoms with van der Waals surface area (Å²) in [4.78, 5) is 14.2. The van der Waals surface area contributed by atoms with Gasteiger partial charge in [0.1, 0.15) is 29.0 Å². The highest BCUT2D eigenvalue weighted by molar-refractivity contribution is 8.26. The number of para-hydroxylation sites is 1. The number of amides is 1. The van der Waals surface area contributed by atoms with Crippen LogP contribution in [0.5, 0.6) is 11.5 Å². The maximum atomic E-state index is 12.2. The maximum Gasteiger partial charge on any atom is 0.265 e. The van der Waals surface area contributed by atoms with Gasteiger partial charge < -0.3 is 14.2 Å². The highest BCUT2D eigenvalue weighted by atomic mass is 35.5. The molecule has 1 fully saturated rings. The third-order valence-corrected chi connectivity index (χ3v) is 6.03. The van der Waals surface area contributed by atoms with Gasteiger partial charge in [-0.15, -0.1) is 0 Å². The van der Waals surface area contributed by atoms with Gasteiger partial charge in [0.2, 0.25) is 0 Å². The summed E-state index contributed by atoms with van der Waals surface area (Å²) in [6.45, 7) is 3.71. The van der Waals surface area contributed by atoms with Crippen molar-refractivity contribution in [1.29, 1.82) is 0 Å². The van der Waals surface area contributed by atoms with E-state index in [1.807, 2.05) is 31.2 Å². The van der Waals surface area contributed by atoms with Crippen LogP contribution in [0.25, 0.3) is 6.08 Å². The van der Waals surface area contributed by atoms with Gasteiger partial charge in [0.05, 0.1) is 18.1 Å². The van der Waals surface area contributed by atoms with Crippen molar-refractivity contribution < 1.29 is 19.0 Å². The van der Waals surface area contributed by atoms with Crippen LogP contribution in [0, 0.1) is 6.92 Å². The van der Waals surface area contributed by atoms with E-state index < -0.39 is 0 Å². The lowest BCUT2D eigenvalue weighted by Crippen LogP contribution is -2.22. The molecule has 0 spiro atoms. The minimum atomic E-state index is -0.132. The predicted octanol–water partition coefficient (Wildman–Crippen LogP) is 4.95. The van der Waals surface area contributed by atoms with Crippen LogP contribution in [-0.4, -0.2) is 48.6 Å². The van der Waals surface area contributed by atoms with Gasteiger partial charge in [-0.2, -0.15) is 0 Å². The highest BCUT2D eigenvalue weighted by Gasteiger charge is 2.29. The molecule has 1 aliphatic heterocycles. The zero-order valence-corrected chi connectivity index (χ0v) is 19.1. The Labute approximate surface area is 190 Å². The summed E-state index contributed by atoms with van der Waals surface area (Å²) in [5.74, 6) is 1.36. The number of nitrogens with zero attached hydrogens (tertiary/aromatic N) is 1. The van der Waals surface area contributed by atoms with Gasteiger partial charge in [-0.3, -0.25) is 9.69 Å². The van der Waals surface area contributed by atoms with Crippen LogP contribution < -0.4 is 9.47 Å². The van der Waals surface area contributed by atoms with Gasteiger partial charge in [0.25, 0.3) is 5.91 Å². The van der Waals surface area contributed by atoms with Crippen molar-refractivity contribution in [1.82, 2.24) is 4.90 Å². The number of likely N-dealkylation sites (N-methyl/N-ethyl adjacent to an activating group) is 1. The predicted molar refractivity (Wildman–Crippen MR) is 125 cm³/mol. The number of thiocarbonyl (C=S) groups is 1. The van der Waals surface area contributed by atoms with Crippen molar-refractivity contribution in [2.45, 2.75) is 6.92 Å². The van der Waals surface area contributed by atoms with Crippen molar-refractivity contribution in [3.8, 4) is 11.5 Å². The minimum absolute atomic E-state index is 0.132.